The van der Waals surface area contributed by atoms with E-state index in [1.54, 1.807) is 53.4 Å². The normalized spacial score (nSPS) is 13.9. The Bertz CT molecular complexity index is 1060. The van der Waals surface area contributed by atoms with Gasteiger partial charge in [-0.05, 0) is 62.1 Å². The number of ether oxygens (including phenoxy) is 1. The number of para-hydroxylation sites is 1. The Morgan fingerprint density at radius 3 is 2.33 bits per heavy atom. The molecule has 1 aliphatic heterocycles. The summed E-state index contributed by atoms with van der Waals surface area (Å²) < 4.78 is 31.4. The van der Waals surface area contributed by atoms with Crippen molar-refractivity contribution in [3.05, 3.63) is 54.1 Å². The highest BCUT2D eigenvalue weighted by Gasteiger charge is 2.24. The maximum absolute atomic E-state index is 13.0. The lowest BCUT2D eigenvalue weighted by Gasteiger charge is -2.27. The molecule has 9 heteroatoms. The highest BCUT2D eigenvalue weighted by Crippen LogP contribution is 2.23. The van der Waals surface area contributed by atoms with Gasteiger partial charge in [0.15, 0.2) is 0 Å². The molecule has 0 saturated carbocycles. The Morgan fingerprint density at radius 1 is 1.03 bits per heavy atom. The van der Waals surface area contributed by atoms with Gasteiger partial charge >= 0.3 is 0 Å². The number of carbonyl (C=O) groups excluding carboxylic acids is 2. The molecule has 2 amide bonds. The first kappa shape index (κ1) is 24.6. The number of hydrogen-bond donors (Lipinski definition) is 1. The molecule has 2 aromatic rings. The molecule has 2 aromatic carbocycles. The summed E-state index contributed by atoms with van der Waals surface area (Å²) in [7, 11) is -3.72. The second kappa shape index (κ2) is 11.2. The van der Waals surface area contributed by atoms with Gasteiger partial charge < -0.3 is 15.0 Å². The van der Waals surface area contributed by atoms with Gasteiger partial charge in [-0.25, -0.2) is 8.42 Å². The van der Waals surface area contributed by atoms with Crippen molar-refractivity contribution < 1.29 is 22.7 Å². The number of carbonyl (C=O) groups is 2. The quantitative estimate of drug-likeness (QED) is 0.601. The zero-order valence-electron chi connectivity index (χ0n) is 19.1. The first-order valence-corrected chi connectivity index (χ1v) is 13.0. The van der Waals surface area contributed by atoms with Crippen LogP contribution in [-0.2, 0) is 14.8 Å². The Kier molecular flexibility index (Phi) is 8.32. The number of nitrogens with zero attached hydrogens (tertiary/aromatic N) is 2. The molecule has 8 nitrogen and oxygen atoms in total. The maximum atomic E-state index is 13.0. The zero-order valence-corrected chi connectivity index (χ0v) is 19.9. The molecule has 178 valence electrons. The molecule has 0 unspecified atom stereocenters. The van der Waals surface area contributed by atoms with Gasteiger partial charge in [-0.1, -0.05) is 19.1 Å². The maximum Gasteiger partial charge on any atom is 0.255 e. The number of sulfonamides is 1. The van der Waals surface area contributed by atoms with E-state index >= 15 is 0 Å². The molecule has 33 heavy (non-hydrogen) atoms. The summed E-state index contributed by atoms with van der Waals surface area (Å²) in [6, 6.07) is 13.4. The van der Waals surface area contributed by atoms with Gasteiger partial charge in [0.1, 0.15) is 12.3 Å². The lowest BCUT2D eigenvalue weighted by atomic mass is 10.1. The molecule has 0 radical (unpaired) electrons. The summed E-state index contributed by atoms with van der Waals surface area (Å²) in [6.07, 6.45) is 4.95. The summed E-state index contributed by atoms with van der Waals surface area (Å²) in [4.78, 5) is 27.6. The lowest BCUT2D eigenvalue weighted by Crippen LogP contribution is -2.38. The second-order valence-corrected chi connectivity index (χ2v) is 9.97. The Labute approximate surface area is 195 Å². The van der Waals surface area contributed by atoms with Crippen LogP contribution in [0.25, 0.3) is 0 Å². The van der Waals surface area contributed by atoms with Gasteiger partial charge in [0.2, 0.25) is 15.9 Å². The molecule has 1 N–H and O–H groups in total. The largest absolute Gasteiger partial charge is 0.494 e. The van der Waals surface area contributed by atoms with Gasteiger partial charge in [-0.3, -0.25) is 13.9 Å². The summed E-state index contributed by atoms with van der Waals surface area (Å²) in [5.74, 6) is -0.0393. The smallest absolute Gasteiger partial charge is 0.255 e. The van der Waals surface area contributed by atoms with Gasteiger partial charge in [0.25, 0.3) is 5.91 Å². The van der Waals surface area contributed by atoms with Gasteiger partial charge in [0, 0.05) is 13.1 Å². The summed E-state index contributed by atoms with van der Waals surface area (Å²) in [6.45, 7) is 3.53. The van der Waals surface area contributed by atoms with Crippen LogP contribution < -0.4 is 14.4 Å². The van der Waals surface area contributed by atoms with Crippen LogP contribution in [0.2, 0.25) is 0 Å². The number of amides is 2. The fraction of sp³-hybridized carbons (Fsp3) is 0.417. The van der Waals surface area contributed by atoms with E-state index in [0.717, 1.165) is 36.2 Å². The lowest BCUT2D eigenvalue weighted by molar-refractivity contribution is -0.114. The Balaban J connectivity index is 1.74. The molecule has 1 saturated heterocycles. The number of anilines is 2. The first-order valence-electron chi connectivity index (χ1n) is 11.2. The van der Waals surface area contributed by atoms with Crippen molar-refractivity contribution in [3.63, 3.8) is 0 Å². The van der Waals surface area contributed by atoms with Crippen molar-refractivity contribution >= 4 is 33.2 Å². The number of piperidine rings is 1. The van der Waals surface area contributed by atoms with Crippen LogP contribution in [0.3, 0.4) is 0 Å². The summed E-state index contributed by atoms with van der Waals surface area (Å²) in [5.41, 5.74) is 1.13. The second-order valence-electron chi connectivity index (χ2n) is 8.06. The van der Waals surface area contributed by atoms with Crippen LogP contribution in [0.15, 0.2) is 48.5 Å². The van der Waals surface area contributed by atoms with Crippen molar-refractivity contribution in [3.8, 4) is 5.75 Å². The van der Waals surface area contributed by atoms with Crippen molar-refractivity contribution in [2.24, 2.45) is 0 Å². The molecular formula is C24H31N3O5S. The van der Waals surface area contributed by atoms with E-state index < -0.39 is 22.5 Å². The third-order valence-electron chi connectivity index (χ3n) is 5.36. The van der Waals surface area contributed by atoms with E-state index in [2.05, 4.69) is 5.32 Å². The minimum absolute atomic E-state index is 0.131. The molecular weight excluding hydrogens is 442 g/mol. The van der Waals surface area contributed by atoms with E-state index in [1.165, 1.54) is 0 Å². The fourth-order valence-electron chi connectivity index (χ4n) is 3.69. The standard InChI is InChI=1S/C24H31N3O5S/c1-3-17-32-20-13-11-19(12-14-20)27(33(2,30)31)18-23(28)25-22-10-6-5-9-21(22)24(29)26-15-7-4-8-16-26/h5-6,9-14H,3-4,7-8,15-18H2,1-2H3,(H,25,28). The molecule has 1 heterocycles. The predicted molar refractivity (Wildman–Crippen MR) is 129 cm³/mol. The van der Waals surface area contributed by atoms with Crippen LogP contribution in [0.5, 0.6) is 5.75 Å². The number of hydrogen-bond acceptors (Lipinski definition) is 5. The van der Waals surface area contributed by atoms with Crippen molar-refractivity contribution in [1.29, 1.82) is 0 Å². The molecule has 3 rings (SSSR count). The number of likely N-dealkylation sites (tertiary alicyclic amines) is 1. The van der Waals surface area contributed by atoms with Gasteiger partial charge in [-0.2, -0.15) is 0 Å². The Morgan fingerprint density at radius 2 is 1.70 bits per heavy atom. The van der Waals surface area contributed by atoms with Crippen LogP contribution in [-0.4, -0.2) is 57.6 Å². The SMILES string of the molecule is CCCOc1ccc(N(CC(=O)Nc2ccccc2C(=O)N2CCCCC2)S(C)(=O)=O)cc1. The van der Waals surface area contributed by atoms with Crippen LogP contribution in [0.4, 0.5) is 11.4 Å². The van der Waals surface area contributed by atoms with E-state index in [-0.39, 0.29) is 5.91 Å². The molecule has 1 aliphatic rings. The zero-order chi connectivity index (χ0) is 23.8. The van der Waals surface area contributed by atoms with Gasteiger partial charge in [0.05, 0.1) is 29.8 Å². The van der Waals surface area contributed by atoms with Crippen LogP contribution in [0.1, 0.15) is 43.0 Å². The Hall–Kier alpha value is -3.07. The third kappa shape index (κ3) is 6.71. The summed E-state index contributed by atoms with van der Waals surface area (Å²) >= 11 is 0. The van der Waals surface area contributed by atoms with E-state index in [0.29, 0.717) is 42.4 Å². The van der Waals surface area contributed by atoms with E-state index in [1.807, 2.05) is 6.92 Å². The number of nitrogens with one attached hydrogen (secondary N) is 1. The highest BCUT2D eigenvalue weighted by atomic mass is 32.2. The van der Waals surface area contributed by atoms with Crippen molar-refractivity contribution in [2.75, 3.05) is 42.1 Å². The molecule has 0 atom stereocenters. The average molecular weight is 474 g/mol. The van der Waals surface area contributed by atoms with Gasteiger partial charge in [-0.15, -0.1) is 0 Å². The highest BCUT2D eigenvalue weighted by molar-refractivity contribution is 7.92. The van der Waals surface area contributed by atoms with Crippen LogP contribution in [0, 0.1) is 0 Å². The predicted octanol–water partition coefficient (Wildman–Crippen LogP) is 3.51. The molecule has 0 spiro atoms. The number of rotatable bonds is 9. The number of benzene rings is 2. The van der Waals surface area contributed by atoms with E-state index in [4.69, 9.17) is 4.74 Å². The van der Waals surface area contributed by atoms with Crippen molar-refractivity contribution in [2.45, 2.75) is 32.6 Å². The molecule has 1 fully saturated rings. The topological polar surface area (TPSA) is 96.0 Å². The first-order chi connectivity index (χ1) is 15.8. The molecule has 0 aliphatic carbocycles. The minimum Gasteiger partial charge on any atom is -0.494 e. The molecule has 0 aromatic heterocycles. The summed E-state index contributed by atoms with van der Waals surface area (Å²) in [5, 5.41) is 2.72. The van der Waals surface area contributed by atoms with E-state index in [9.17, 15) is 18.0 Å². The minimum atomic E-state index is -3.72. The third-order valence-corrected chi connectivity index (χ3v) is 6.50. The average Bonchev–Trinajstić information content (AvgIpc) is 2.81. The fourth-order valence-corrected chi connectivity index (χ4v) is 4.55. The van der Waals surface area contributed by atoms with Crippen molar-refractivity contribution in [1.82, 2.24) is 4.90 Å². The van der Waals surface area contributed by atoms with Crippen LogP contribution >= 0.6 is 0 Å². The monoisotopic (exact) mass is 473 g/mol. The molecule has 0 bridgehead atoms.